The van der Waals surface area contributed by atoms with Crippen molar-refractivity contribution in [1.82, 2.24) is 0 Å². The third kappa shape index (κ3) is 3.65. The van der Waals surface area contributed by atoms with E-state index in [-0.39, 0.29) is 12.2 Å². The van der Waals surface area contributed by atoms with Gasteiger partial charge in [-0.3, -0.25) is 0 Å². The van der Waals surface area contributed by atoms with Crippen LogP contribution in [-0.2, 0) is 0 Å². The van der Waals surface area contributed by atoms with Gasteiger partial charge < -0.3 is 10.2 Å². The average Bonchev–Trinajstić information content (AvgIpc) is 3.03. The van der Waals surface area contributed by atoms with Crippen molar-refractivity contribution >= 4 is 0 Å². The molecule has 4 aliphatic carbocycles. The van der Waals surface area contributed by atoms with Crippen LogP contribution in [0.2, 0.25) is 0 Å². The molecule has 0 radical (unpaired) electrons. The summed E-state index contributed by atoms with van der Waals surface area (Å²) in [5.41, 5.74) is 2.33. The van der Waals surface area contributed by atoms with Crippen molar-refractivity contribution < 1.29 is 10.2 Å². The Kier molecular flexibility index (Phi) is 6.01. The van der Waals surface area contributed by atoms with E-state index in [1.165, 1.54) is 38.5 Å². The van der Waals surface area contributed by atoms with E-state index in [2.05, 4.69) is 40.7 Å². The van der Waals surface area contributed by atoms with Gasteiger partial charge in [-0.25, -0.2) is 0 Å². The van der Waals surface area contributed by atoms with Crippen LogP contribution < -0.4 is 0 Å². The van der Waals surface area contributed by atoms with Gasteiger partial charge in [0.2, 0.25) is 0 Å². The predicted molar refractivity (Wildman–Crippen MR) is 120 cm³/mol. The highest BCUT2D eigenvalue weighted by Crippen LogP contribution is 2.67. The van der Waals surface area contributed by atoms with Crippen molar-refractivity contribution in [2.45, 2.75) is 111 Å². The van der Waals surface area contributed by atoms with Crippen LogP contribution in [-0.4, -0.2) is 22.4 Å². The number of aliphatic hydroxyl groups excluding tert-OH is 2. The van der Waals surface area contributed by atoms with Gasteiger partial charge in [-0.2, -0.15) is 0 Å². The highest BCUT2D eigenvalue weighted by atomic mass is 16.3. The average molecular weight is 403 g/mol. The van der Waals surface area contributed by atoms with Crippen LogP contribution in [0.5, 0.6) is 0 Å². The van der Waals surface area contributed by atoms with Gasteiger partial charge in [-0.1, -0.05) is 46.3 Å². The van der Waals surface area contributed by atoms with Crippen molar-refractivity contribution in [2.75, 3.05) is 0 Å². The van der Waals surface area contributed by atoms with Crippen LogP contribution >= 0.6 is 0 Å². The van der Waals surface area contributed by atoms with Crippen molar-refractivity contribution in [3.05, 3.63) is 11.6 Å². The topological polar surface area (TPSA) is 40.5 Å². The molecular formula is C27H46O2. The molecule has 0 amide bonds. The molecule has 4 aliphatic rings. The maximum absolute atomic E-state index is 11.0. The monoisotopic (exact) mass is 402 g/mol. The highest BCUT2D eigenvalue weighted by molar-refractivity contribution is 5.25. The zero-order valence-electron chi connectivity index (χ0n) is 19.7. The molecule has 0 heterocycles. The second-order valence-electron chi connectivity index (χ2n) is 12.3. The zero-order valence-corrected chi connectivity index (χ0v) is 19.7. The minimum atomic E-state index is -0.133. The molecule has 4 rings (SSSR count). The Morgan fingerprint density at radius 1 is 1.00 bits per heavy atom. The van der Waals surface area contributed by atoms with Crippen molar-refractivity contribution in [1.29, 1.82) is 0 Å². The Bertz CT molecular complexity index is 624. The molecule has 2 heteroatoms. The Balaban J connectivity index is 1.51. The number of hydrogen-bond acceptors (Lipinski definition) is 2. The van der Waals surface area contributed by atoms with E-state index >= 15 is 0 Å². The molecule has 29 heavy (non-hydrogen) atoms. The molecule has 0 aromatic rings. The predicted octanol–water partition coefficient (Wildman–Crippen LogP) is 6.36. The Morgan fingerprint density at radius 2 is 1.76 bits per heavy atom. The van der Waals surface area contributed by atoms with Gasteiger partial charge in [0.25, 0.3) is 0 Å². The SMILES string of the molecule is CC(C)CCC(O)C(C)C1CCC2C3CC=C4CC(O)CC[C@]4(C)C3CC[C@]12C. The van der Waals surface area contributed by atoms with Crippen LogP contribution in [0, 0.1) is 46.3 Å². The molecule has 2 nitrogen and oxygen atoms in total. The minimum absolute atomic E-state index is 0.108. The van der Waals surface area contributed by atoms with Crippen LogP contribution in [0.3, 0.4) is 0 Å². The lowest BCUT2D eigenvalue weighted by molar-refractivity contribution is -0.0681. The molecule has 166 valence electrons. The maximum atomic E-state index is 11.0. The smallest absolute Gasteiger partial charge is 0.0577 e. The van der Waals surface area contributed by atoms with Crippen LogP contribution in [0.15, 0.2) is 11.6 Å². The Morgan fingerprint density at radius 3 is 2.48 bits per heavy atom. The van der Waals surface area contributed by atoms with Gasteiger partial charge in [0.15, 0.2) is 0 Å². The first-order valence-electron chi connectivity index (χ1n) is 12.7. The summed E-state index contributed by atoms with van der Waals surface area (Å²) < 4.78 is 0. The molecule has 2 N–H and O–H groups in total. The second-order valence-corrected chi connectivity index (χ2v) is 12.3. The first-order valence-corrected chi connectivity index (χ1v) is 12.7. The molecule has 0 saturated heterocycles. The van der Waals surface area contributed by atoms with E-state index < -0.39 is 0 Å². The molecule has 0 aromatic heterocycles. The third-order valence-corrected chi connectivity index (χ3v) is 10.4. The van der Waals surface area contributed by atoms with Crippen LogP contribution in [0.4, 0.5) is 0 Å². The van der Waals surface area contributed by atoms with Gasteiger partial charge in [0.1, 0.15) is 0 Å². The van der Waals surface area contributed by atoms with Crippen LogP contribution in [0.1, 0.15) is 98.8 Å². The summed E-state index contributed by atoms with van der Waals surface area (Å²) >= 11 is 0. The molecule has 0 aromatic carbocycles. The van der Waals surface area contributed by atoms with E-state index in [0.717, 1.165) is 43.4 Å². The number of fused-ring (bicyclic) bond motifs is 5. The largest absolute Gasteiger partial charge is 0.393 e. The molecule has 0 bridgehead atoms. The Hall–Kier alpha value is -0.340. The number of aliphatic hydroxyl groups is 2. The molecule has 0 spiro atoms. The summed E-state index contributed by atoms with van der Waals surface area (Å²) in [4.78, 5) is 0. The standard InChI is InChI=1S/C27H46O2/c1-17(2)6-11-25(29)18(3)22-9-10-23-21-8-7-19-16-20(28)12-14-26(19,4)24(21)13-15-27(22,23)5/h7,17-18,20-25,28-29H,6,8-16H2,1-5H3/t18?,20?,21?,22?,23?,24?,25?,26-,27+/m0/s1. The molecule has 3 saturated carbocycles. The first kappa shape index (κ1) is 21.9. The Labute approximate surface area is 179 Å². The van der Waals surface area contributed by atoms with Crippen molar-refractivity contribution in [2.24, 2.45) is 46.3 Å². The lowest BCUT2D eigenvalue weighted by Gasteiger charge is -2.58. The number of allylic oxidation sites excluding steroid dienone is 1. The quantitative estimate of drug-likeness (QED) is 0.525. The van der Waals surface area contributed by atoms with E-state index in [9.17, 15) is 10.2 Å². The van der Waals surface area contributed by atoms with Crippen molar-refractivity contribution in [3.63, 3.8) is 0 Å². The highest BCUT2D eigenvalue weighted by Gasteiger charge is 2.59. The fourth-order valence-electron chi connectivity index (χ4n) is 8.58. The maximum Gasteiger partial charge on any atom is 0.0577 e. The first-order chi connectivity index (χ1) is 13.7. The summed E-state index contributed by atoms with van der Waals surface area (Å²) in [5, 5.41) is 21.2. The second kappa shape index (κ2) is 7.97. The molecule has 0 aliphatic heterocycles. The molecular weight excluding hydrogens is 356 g/mol. The molecule has 9 atom stereocenters. The van der Waals surface area contributed by atoms with Crippen molar-refractivity contribution in [3.8, 4) is 0 Å². The minimum Gasteiger partial charge on any atom is -0.393 e. The van der Waals surface area contributed by atoms with E-state index in [4.69, 9.17) is 0 Å². The lowest BCUT2D eigenvalue weighted by atomic mass is 9.47. The van der Waals surface area contributed by atoms with Gasteiger partial charge in [0.05, 0.1) is 12.2 Å². The fourth-order valence-corrected chi connectivity index (χ4v) is 8.58. The summed E-state index contributed by atoms with van der Waals surface area (Å²) in [7, 11) is 0. The fraction of sp³-hybridized carbons (Fsp3) is 0.926. The summed E-state index contributed by atoms with van der Waals surface area (Å²) in [6.45, 7) is 12.0. The van der Waals surface area contributed by atoms with Gasteiger partial charge in [0, 0.05) is 0 Å². The van der Waals surface area contributed by atoms with E-state index in [1.807, 2.05) is 0 Å². The van der Waals surface area contributed by atoms with Gasteiger partial charge in [-0.05, 0) is 111 Å². The normalized spacial score (nSPS) is 46.5. The summed E-state index contributed by atoms with van der Waals surface area (Å²) in [5.74, 6) is 4.25. The zero-order chi connectivity index (χ0) is 21.0. The lowest BCUT2D eigenvalue weighted by Crippen LogP contribution is -2.51. The van der Waals surface area contributed by atoms with E-state index in [0.29, 0.717) is 28.6 Å². The third-order valence-electron chi connectivity index (χ3n) is 10.4. The number of hydrogen-bond donors (Lipinski definition) is 2. The number of rotatable bonds is 5. The molecule has 3 fully saturated rings. The van der Waals surface area contributed by atoms with Gasteiger partial charge >= 0.3 is 0 Å². The summed E-state index contributed by atoms with van der Waals surface area (Å²) in [6.07, 6.45) is 14.1. The van der Waals surface area contributed by atoms with E-state index in [1.54, 1.807) is 5.57 Å². The molecule has 7 unspecified atom stereocenters. The summed E-state index contributed by atoms with van der Waals surface area (Å²) in [6, 6.07) is 0. The van der Waals surface area contributed by atoms with Crippen LogP contribution in [0.25, 0.3) is 0 Å². The van der Waals surface area contributed by atoms with Gasteiger partial charge in [-0.15, -0.1) is 0 Å².